The van der Waals surface area contributed by atoms with Crippen molar-refractivity contribution < 1.29 is 95.2 Å². The molecule has 20 heteroatoms. The minimum Gasteiger partial charge on any atom is -0.496 e. The molecule has 10 rings (SSSR count). The van der Waals surface area contributed by atoms with Crippen molar-refractivity contribution in [1.29, 1.82) is 0 Å². The standard InChI is InChI=1S/C58H44O12.C29H38O8/c1-36-33-39(5-31-53(36)64-4)35-40-6-32-54(37(2)34-40)70-58(63)45-13-23-49(24-14-45)66-48-21-9-42(10-22-48)55(60)67-50-25-15-44(16-26-50)57(62)69-52-29-27-51(28-30-52)68-56(61)43-11-19-47(20-12-43)65-46-17-7-41(8-18-46)38(3)59;1-23(30)24-11-13-26(14-12-24)37-27-17-15-25(16-18-27)34-20-7-8-22-36-29(32)10-4-3-9-28(31)35-21-6-5-19-33-2/h5-34H,35H2,1-4H3;11-18H,3-10,19-22H2,1-2H3. The Hall–Kier alpha value is -12.7. The summed E-state index contributed by atoms with van der Waals surface area (Å²) >= 11 is 0. The number of carbonyl (C=O) groups is 8. The maximum atomic E-state index is 13.0. The Morgan fingerprint density at radius 2 is 0.579 bits per heavy atom. The molecule has 0 N–H and O–H groups in total. The summed E-state index contributed by atoms with van der Waals surface area (Å²) in [7, 11) is 3.30. The Balaban J connectivity index is 0.000000302. The number of methoxy groups -OCH3 is 2. The van der Waals surface area contributed by atoms with Crippen molar-refractivity contribution in [2.75, 3.05) is 40.6 Å². The highest BCUT2D eigenvalue weighted by Crippen LogP contribution is 2.30. The van der Waals surface area contributed by atoms with Gasteiger partial charge in [-0.15, -0.1) is 0 Å². The smallest absolute Gasteiger partial charge is 0.343 e. The van der Waals surface area contributed by atoms with Gasteiger partial charge in [-0.25, -0.2) is 19.2 Å². The quantitative estimate of drug-likeness (QED) is 0.0155. The number of hydrogen-bond acceptors (Lipinski definition) is 20. The van der Waals surface area contributed by atoms with Gasteiger partial charge in [0, 0.05) is 37.7 Å². The van der Waals surface area contributed by atoms with Crippen molar-refractivity contribution in [3.8, 4) is 69.0 Å². The number of unbranched alkanes of at least 4 members (excludes halogenated alkanes) is 3. The van der Waals surface area contributed by atoms with Gasteiger partial charge in [0.25, 0.3) is 0 Å². The number of carbonyl (C=O) groups excluding carboxylic acids is 8. The van der Waals surface area contributed by atoms with E-state index < -0.39 is 23.9 Å². The van der Waals surface area contributed by atoms with Gasteiger partial charge in [-0.2, -0.15) is 0 Å². The van der Waals surface area contributed by atoms with Crippen LogP contribution in [0, 0.1) is 13.8 Å². The summed E-state index contributed by atoms with van der Waals surface area (Å²) in [5.41, 5.74) is 6.49. The third-order valence-corrected chi connectivity index (χ3v) is 16.3. The molecule has 10 aromatic rings. The van der Waals surface area contributed by atoms with E-state index >= 15 is 0 Å². The van der Waals surface area contributed by atoms with E-state index in [1.807, 2.05) is 62.4 Å². The molecule has 20 nitrogen and oxygen atoms in total. The van der Waals surface area contributed by atoms with Gasteiger partial charge in [0.2, 0.25) is 0 Å². The summed E-state index contributed by atoms with van der Waals surface area (Å²) in [6, 6.07) is 64.0. The molecule has 0 aliphatic rings. The minimum atomic E-state index is -0.655. The predicted molar refractivity (Wildman–Crippen MR) is 400 cm³/mol. The first-order chi connectivity index (χ1) is 51.8. The van der Waals surface area contributed by atoms with Gasteiger partial charge in [-0.1, -0.05) is 24.3 Å². The molecular weight excluding hydrogens is 1360 g/mol. The molecule has 0 radical (unpaired) electrons. The lowest BCUT2D eigenvalue weighted by molar-refractivity contribution is -0.146. The Kier molecular flexibility index (Phi) is 29.6. The van der Waals surface area contributed by atoms with Crippen molar-refractivity contribution in [3.05, 3.63) is 286 Å². The molecule has 0 atom stereocenters. The maximum Gasteiger partial charge on any atom is 0.343 e. The van der Waals surface area contributed by atoms with Crippen LogP contribution in [0.2, 0.25) is 0 Å². The normalized spacial score (nSPS) is 10.6. The van der Waals surface area contributed by atoms with E-state index in [1.165, 1.54) is 62.4 Å². The molecule has 0 heterocycles. The van der Waals surface area contributed by atoms with Crippen LogP contribution in [0.5, 0.6) is 69.0 Å². The van der Waals surface area contributed by atoms with Gasteiger partial charge < -0.3 is 56.8 Å². The molecule has 0 spiro atoms. The number of Topliss-reactive ketones (excluding diaryl/α,β-unsaturated/α-hetero) is 2. The van der Waals surface area contributed by atoms with Gasteiger partial charge >= 0.3 is 35.8 Å². The van der Waals surface area contributed by atoms with Crippen molar-refractivity contribution in [2.45, 2.75) is 85.5 Å². The lowest BCUT2D eigenvalue weighted by Crippen LogP contribution is -2.10. The van der Waals surface area contributed by atoms with Gasteiger partial charge in [0.05, 0.1) is 49.2 Å². The molecule has 0 saturated heterocycles. The lowest BCUT2D eigenvalue weighted by Gasteiger charge is -2.11. The highest BCUT2D eigenvalue weighted by molar-refractivity contribution is 5.96. The first kappa shape index (κ1) is 78.5. The van der Waals surface area contributed by atoms with Crippen LogP contribution in [-0.4, -0.2) is 88.0 Å². The van der Waals surface area contributed by atoms with Gasteiger partial charge in [-0.05, 0) is 301 Å². The molecule has 0 fully saturated rings. The van der Waals surface area contributed by atoms with Gasteiger partial charge in [0.15, 0.2) is 11.6 Å². The molecule has 0 unspecified atom stereocenters. The van der Waals surface area contributed by atoms with Crippen molar-refractivity contribution in [1.82, 2.24) is 0 Å². The highest BCUT2D eigenvalue weighted by atomic mass is 16.6. The third-order valence-electron chi connectivity index (χ3n) is 16.3. The molecule has 0 amide bonds. The Bertz CT molecular complexity index is 4610. The van der Waals surface area contributed by atoms with Crippen LogP contribution in [0.25, 0.3) is 0 Å². The largest absolute Gasteiger partial charge is 0.496 e. The van der Waals surface area contributed by atoms with Crippen LogP contribution in [-0.2, 0) is 30.2 Å². The molecule has 107 heavy (non-hydrogen) atoms. The van der Waals surface area contributed by atoms with Crippen molar-refractivity contribution in [3.63, 3.8) is 0 Å². The third kappa shape index (κ3) is 25.6. The van der Waals surface area contributed by atoms with Crippen LogP contribution in [0.1, 0.15) is 150 Å². The molecule has 0 saturated carbocycles. The first-order valence-electron chi connectivity index (χ1n) is 34.7. The maximum absolute atomic E-state index is 13.0. The summed E-state index contributed by atoms with van der Waals surface area (Å²) in [5.74, 6) is 3.13. The van der Waals surface area contributed by atoms with E-state index in [-0.39, 0.29) is 51.9 Å². The summed E-state index contributed by atoms with van der Waals surface area (Å²) in [5, 5.41) is 0. The molecule has 0 aliphatic heterocycles. The average molecular weight is 1450 g/mol. The Morgan fingerprint density at radius 3 is 0.916 bits per heavy atom. The number of aryl methyl sites for hydroxylation is 2. The SMILES string of the molecule is COCCCCOC(=O)CCCCC(=O)OCCCCOc1ccc(Oc2ccc(C(C)=O)cc2)cc1.COc1ccc(Cc2ccc(OC(=O)c3ccc(Oc4ccc(C(=O)Oc5ccc(C(=O)Oc6ccc(OC(=O)c7ccc(Oc8ccc(C(C)=O)cc8)cc7)cc6)cc5)cc4)cc3)c(C)c2)cc1C. The second-order valence-corrected chi connectivity index (χ2v) is 24.5. The van der Waals surface area contributed by atoms with E-state index in [0.29, 0.717) is 121 Å². The highest BCUT2D eigenvalue weighted by Gasteiger charge is 2.17. The second kappa shape index (κ2) is 40.4. The van der Waals surface area contributed by atoms with Crippen LogP contribution in [0.15, 0.2) is 231 Å². The fourth-order valence-corrected chi connectivity index (χ4v) is 10.4. The Morgan fingerprint density at radius 1 is 0.290 bits per heavy atom. The zero-order valence-electron chi connectivity index (χ0n) is 60.3. The molecular formula is C87H82O20. The summed E-state index contributed by atoms with van der Waals surface area (Å²) in [4.78, 5) is 97.9. The van der Waals surface area contributed by atoms with E-state index in [9.17, 15) is 38.4 Å². The second-order valence-electron chi connectivity index (χ2n) is 24.5. The van der Waals surface area contributed by atoms with E-state index in [0.717, 1.165) is 59.4 Å². The van der Waals surface area contributed by atoms with E-state index in [4.69, 9.17) is 56.8 Å². The number of benzene rings is 10. The van der Waals surface area contributed by atoms with Crippen molar-refractivity contribution >= 4 is 47.4 Å². The number of hydrogen-bond donors (Lipinski definition) is 0. The van der Waals surface area contributed by atoms with Crippen LogP contribution >= 0.6 is 0 Å². The monoisotopic (exact) mass is 1450 g/mol. The molecule has 550 valence electrons. The van der Waals surface area contributed by atoms with Gasteiger partial charge in [0.1, 0.15) is 69.0 Å². The number of ether oxygens (including phenoxy) is 12. The van der Waals surface area contributed by atoms with Crippen LogP contribution < -0.4 is 42.6 Å². The summed E-state index contributed by atoms with van der Waals surface area (Å²) in [6.45, 7) is 8.87. The zero-order valence-corrected chi connectivity index (χ0v) is 60.3. The average Bonchev–Trinajstić information content (AvgIpc) is 0.850. The number of esters is 6. The molecule has 0 aromatic heterocycles. The predicted octanol–water partition coefficient (Wildman–Crippen LogP) is 18.5. The summed E-state index contributed by atoms with van der Waals surface area (Å²) < 4.78 is 66.1. The Labute approximate surface area is 620 Å². The topological polar surface area (TPSA) is 247 Å². The fourth-order valence-electron chi connectivity index (χ4n) is 10.4. The first-order valence-corrected chi connectivity index (χ1v) is 34.7. The molecule has 0 aliphatic carbocycles. The fraction of sp³-hybridized carbons (Fsp3) is 0.218. The zero-order chi connectivity index (χ0) is 75.9. The number of rotatable bonds is 35. The van der Waals surface area contributed by atoms with Crippen molar-refractivity contribution in [2.24, 2.45) is 0 Å². The lowest BCUT2D eigenvalue weighted by atomic mass is 10.0. The van der Waals surface area contributed by atoms with E-state index in [1.54, 1.807) is 142 Å². The van der Waals surface area contributed by atoms with Crippen LogP contribution in [0.4, 0.5) is 0 Å². The molecule has 0 bridgehead atoms. The summed E-state index contributed by atoms with van der Waals surface area (Å²) in [6.07, 6.45) is 5.67. The van der Waals surface area contributed by atoms with Gasteiger partial charge in [-0.3, -0.25) is 19.2 Å². The molecule has 10 aromatic carbocycles. The van der Waals surface area contributed by atoms with E-state index in [2.05, 4.69) is 6.07 Å². The van der Waals surface area contributed by atoms with Crippen LogP contribution in [0.3, 0.4) is 0 Å². The minimum absolute atomic E-state index is 0.0162. The number of ketones is 2.